The van der Waals surface area contributed by atoms with Crippen LogP contribution in [0, 0.1) is 0 Å². The first-order valence-electron chi connectivity index (χ1n) is 23.5. The Bertz CT molecular complexity index is 2420. The fourth-order valence-electron chi connectivity index (χ4n) is 8.42. The number of carbonyl (C=O) groups excluding carboxylic acids is 4. The molecule has 71 heavy (non-hydrogen) atoms. The van der Waals surface area contributed by atoms with E-state index in [0.29, 0.717) is 5.56 Å². The number of nitrogens with one attached hydrogen (secondary N) is 1. The first-order chi connectivity index (χ1) is 34.4. The van der Waals surface area contributed by atoms with Crippen LogP contribution in [0.2, 0.25) is 0 Å². The van der Waals surface area contributed by atoms with Crippen molar-refractivity contribution < 1.29 is 71.3 Å². The summed E-state index contributed by atoms with van der Waals surface area (Å²) in [6, 6.07) is 46.0. The van der Waals surface area contributed by atoms with Crippen molar-refractivity contribution in [3.63, 3.8) is 0 Å². The number of hydrogen-bond acceptors (Lipinski definition) is 15. The number of rotatable bonds is 22. The molecule has 2 aliphatic rings. The third kappa shape index (κ3) is 15.5. The third-order valence-corrected chi connectivity index (χ3v) is 11.7. The highest BCUT2D eigenvalue weighted by atomic mass is 16.8. The molecule has 0 bridgehead atoms. The quantitative estimate of drug-likeness (QED) is 0.0530. The fourth-order valence-corrected chi connectivity index (χ4v) is 8.42. The molecule has 2 saturated heterocycles. The van der Waals surface area contributed by atoms with E-state index in [0.717, 1.165) is 36.1 Å². The SMILES string of the molecule is CC(=O)OC[C@H]1O[C@@H](O[C@@]2(C)O[C@H](COCc3ccccc3)[C@@H](OCc3ccccc3)[C@H](OCc3ccccc3)[C@H]2OCc2ccccc2)[C@H](NC(=O)OCc2ccccc2)[C@@H](OC(C)=O)[C@@H]1OC(C)=O. The summed E-state index contributed by atoms with van der Waals surface area (Å²) in [7, 11) is 0. The van der Waals surface area contributed by atoms with Crippen molar-refractivity contribution >= 4 is 24.0 Å². The van der Waals surface area contributed by atoms with Crippen LogP contribution in [0.4, 0.5) is 4.79 Å². The molecule has 0 aromatic heterocycles. The first-order valence-corrected chi connectivity index (χ1v) is 23.5. The van der Waals surface area contributed by atoms with Gasteiger partial charge < -0.3 is 57.4 Å². The van der Waals surface area contributed by atoms with E-state index in [1.807, 2.05) is 127 Å². The maximum atomic E-state index is 13.9. The Hall–Kier alpha value is -6.50. The molecular weight excluding hydrogens is 915 g/mol. The topological polar surface area (TPSA) is 182 Å². The number of alkyl carbamates (subject to hydrolysis) is 1. The van der Waals surface area contributed by atoms with Gasteiger partial charge in [0.1, 0.15) is 49.8 Å². The van der Waals surface area contributed by atoms with Gasteiger partial charge in [-0.05, 0) is 34.7 Å². The number of ether oxygens (including phenoxy) is 11. The number of carbonyl (C=O) groups is 4. The van der Waals surface area contributed by atoms with Crippen molar-refractivity contribution in [3.8, 4) is 0 Å². The molecule has 5 aromatic rings. The second kappa shape index (κ2) is 26.1. The van der Waals surface area contributed by atoms with E-state index in [4.69, 9.17) is 52.1 Å². The Morgan fingerprint density at radius 3 is 1.44 bits per heavy atom. The molecule has 0 radical (unpaired) electrons. The Morgan fingerprint density at radius 1 is 0.493 bits per heavy atom. The Balaban J connectivity index is 1.32. The zero-order valence-corrected chi connectivity index (χ0v) is 40.2. The van der Waals surface area contributed by atoms with E-state index in [1.165, 1.54) is 6.92 Å². The van der Waals surface area contributed by atoms with Crippen LogP contribution in [0.15, 0.2) is 152 Å². The molecule has 0 aliphatic carbocycles. The number of hydrogen-bond donors (Lipinski definition) is 1. The summed E-state index contributed by atoms with van der Waals surface area (Å²) in [4.78, 5) is 51.9. The molecule has 376 valence electrons. The highest BCUT2D eigenvalue weighted by Crippen LogP contribution is 2.41. The van der Waals surface area contributed by atoms with Crippen LogP contribution in [0.3, 0.4) is 0 Å². The number of benzene rings is 5. The summed E-state index contributed by atoms with van der Waals surface area (Å²) in [6.07, 6.45) is -10.7. The minimum Gasteiger partial charge on any atom is -0.463 e. The molecule has 2 fully saturated rings. The Morgan fingerprint density at radius 2 is 0.944 bits per heavy atom. The van der Waals surface area contributed by atoms with Crippen LogP contribution in [0.1, 0.15) is 55.5 Å². The van der Waals surface area contributed by atoms with E-state index >= 15 is 0 Å². The van der Waals surface area contributed by atoms with Gasteiger partial charge in [-0.1, -0.05) is 152 Å². The number of esters is 3. The van der Waals surface area contributed by atoms with Gasteiger partial charge >= 0.3 is 24.0 Å². The highest BCUT2D eigenvalue weighted by molar-refractivity contribution is 5.69. The lowest BCUT2D eigenvalue weighted by molar-refractivity contribution is -0.418. The minimum atomic E-state index is -1.90. The highest BCUT2D eigenvalue weighted by Gasteiger charge is 2.60. The predicted molar refractivity (Wildman–Crippen MR) is 255 cm³/mol. The van der Waals surface area contributed by atoms with E-state index in [2.05, 4.69) is 5.32 Å². The van der Waals surface area contributed by atoms with Crippen LogP contribution in [0.5, 0.6) is 0 Å². The molecular formula is C55H61NO15. The lowest BCUT2D eigenvalue weighted by Crippen LogP contribution is -2.71. The zero-order valence-electron chi connectivity index (χ0n) is 40.2. The van der Waals surface area contributed by atoms with Gasteiger partial charge in [0.15, 0.2) is 24.3 Å². The predicted octanol–water partition coefficient (Wildman–Crippen LogP) is 7.54. The van der Waals surface area contributed by atoms with Gasteiger partial charge in [0.05, 0.1) is 33.0 Å². The van der Waals surface area contributed by atoms with Crippen molar-refractivity contribution in [3.05, 3.63) is 179 Å². The molecule has 5 aromatic carbocycles. The van der Waals surface area contributed by atoms with Crippen molar-refractivity contribution in [2.24, 2.45) is 0 Å². The Kier molecular flexibility index (Phi) is 19.2. The molecule has 2 heterocycles. The van der Waals surface area contributed by atoms with Crippen molar-refractivity contribution in [2.75, 3.05) is 13.2 Å². The van der Waals surface area contributed by atoms with E-state index in [-0.39, 0.29) is 39.6 Å². The molecule has 2 aliphatic heterocycles. The van der Waals surface area contributed by atoms with Gasteiger partial charge in [0.25, 0.3) is 0 Å². The summed E-state index contributed by atoms with van der Waals surface area (Å²) >= 11 is 0. The van der Waals surface area contributed by atoms with Crippen LogP contribution in [0.25, 0.3) is 0 Å². The van der Waals surface area contributed by atoms with E-state index < -0.39 is 91.5 Å². The lowest BCUT2D eigenvalue weighted by atomic mass is 9.91. The summed E-state index contributed by atoms with van der Waals surface area (Å²) in [5.74, 6) is -4.14. The molecule has 16 nitrogen and oxygen atoms in total. The van der Waals surface area contributed by atoms with Gasteiger partial charge in [0.2, 0.25) is 0 Å². The summed E-state index contributed by atoms with van der Waals surface area (Å²) in [6.45, 7) is 5.11. The summed E-state index contributed by atoms with van der Waals surface area (Å²) in [5.41, 5.74) is 4.20. The van der Waals surface area contributed by atoms with Crippen LogP contribution in [-0.4, -0.2) is 98.1 Å². The molecule has 16 heteroatoms. The monoisotopic (exact) mass is 975 g/mol. The largest absolute Gasteiger partial charge is 0.463 e. The van der Waals surface area contributed by atoms with Gasteiger partial charge in [-0.15, -0.1) is 0 Å². The van der Waals surface area contributed by atoms with Gasteiger partial charge in [-0.25, -0.2) is 4.79 Å². The minimum absolute atomic E-state index is 0.0252. The molecule has 0 saturated carbocycles. The lowest BCUT2D eigenvalue weighted by Gasteiger charge is -2.53. The first kappa shape index (κ1) is 52.3. The van der Waals surface area contributed by atoms with Crippen molar-refractivity contribution in [1.29, 1.82) is 0 Å². The normalized spacial score (nSPS) is 25.0. The van der Waals surface area contributed by atoms with Gasteiger partial charge in [-0.2, -0.15) is 0 Å². The van der Waals surface area contributed by atoms with Crippen LogP contribution >= 0.6 is 0 Å². The smallest absolute Gasteiger partial charge is 0.407 e. The fraction of sp³-hybridized carbons (Fsp3) is 0.382. The van der Waals surface area contributed by atoms with Crippen molar-refractivity contribution in [2.45, 2.75) is 122 Å². The van der Waals surface area contributed by atoms with Gasteiger partial charge in [-0.3, -0.25) is 14.4 Å². The summed E-state index contributed by atoms with van der Waals surface area (Å²) < 4.78 is 70.7. The van der Waals surface area contributed by atoms with Crippen molar-refractivity contribution in [1.82, 2.24) is 5.32 Å². The third-order valence-electron chi connectivity index (χ3n) is 11.7. The summed E-state index contributed by atoms with van der Waals surface area (Å²) in [5, 5.41) is 2.77. The average molecular weight is 976 g/mol. The van der Waals surface area contributed by atoms with Gasteiger partial charge in [0, 0.05) is 20.8 Å². The second-order valence-electron chi connectivity index (χ2n) is 17.3. The maximum Gasteiger partial charge on any atom is 0.407 e. The van der Waals surface area contributed by atoms with E-state index in [1.54, 1.807) is 31.2 Å². The second-order valence-corrected chi connectivity index (χ2v) is 17.3. The van der Waals surface area contributed by atoms with E-state index in [9.17, 15) is 19.2 Å². The standard InChI is InChI=1S/C55H61NO15/c1-37(57)62-36-45-49(67-38(2)58)50(68-39(3)59)47(56-54(60)66-34-44-28-18-9-19-29-44)53(69-45)71-55(4)52(65-33-43-26-16-8-17-27-43)51(64-32-42-24-14-7-15-25-42)48(63-31-41-22-12-6-13-23-41)46(70-55)35-61-30-40-20-10-5-11-21-40/h5-29,45-53H,30-36H2,1-4H3,(H,56,60)/t45-,46-,47-,48-,49-,50-,51+,52-,53+,55-/m1/s1. The molecule has 10 atom stereocenters. The van der Waals surface area contributed by atoms with Crippen LogP contribution < -0.4 is 5.32 Å². The molecule has 0 spiro atoms. The Labute approximate surface area is 413 Å². The van der Waals surface area contributed by atoms with Crippen LogP contribution in [-0.2, 0) is 99.5 Å². The zero-order chi connectivity index (χ0) is 50.0. The molecule has 0 unspecified atom stereocenters. The maximum absolute atomic E-state index is 13.9. The molecule has 1 N–H and O–H groups in total. The molecule has 1 amide bonds. The average Bonchev–Trinajstić information content (AvgIpc) is 3.37. The molecule has 7 rings (SSSR count). The number of amides is 1.